The Morgan fingerprint density at radius 1 is 1.53 bits per heavy atom. The Morgan fingerprint density at radius 2 is 2.27 bits per heavy atom. The van der Waals surface area contributed by atoms with E-state index in [9.17, 15) is 9.18 Å². The van der Waals surface area contributed by atoms with Crippen molar-refractivity contribution in [3.05, 3.63) is 34.9 Å². The molecule has 78 valence electrons. The molecule has 0 spiro atoms. The van der Waals surface area contributed by atoms with Gasteiger partial charge in [-0.25, -0.2) is 4.39 Å². The zero-order chi connectivity index (χ0) is 11.3. The van der Waals surface area contributed by atoms with Crippen LogP contribution in [0.15, 0.2) is 18.2 Å². The van der Waals surface area contributed by atoms with Gasteiger partial charge in [-0.05, 0) is 23.3 Å². The summed E-state index contributed by atoms with van der Waals surface area (Å²) in [6.45, 7) is -0.693. The second-order valence-electron chi connectivity index (χ2n) is 2.98. The van der Waals surface area contributed by atoms with Crippen LogP contribution in [0.2, 0.25) is 0 Å². The van der Waals surface area contributed by atoms with Crippen molar-refractivity contribution < 1.29 is 13.9 Å². The van der Waals surface area contributed by atoms with Gasteiger partial charge in [-0.1, -0.05) is 6.07 Å². The highest BCUT2D eigenvalue weighted by molar-refractivity contribution is 5.73. The molecule has 1 rings (SSSR count). The molecule has 0 aliphatic carbocycles. The molecule has 4 heteroatoms. The van der Waals surface area contributed by atoms with E-state index in [0.717, 1.165) is 0 Å². The van der Waals surface area contributed by atoms with Crippen LogP contribution < -0.4 is 0 Å². The summed E-state index contributed by atoms with van der Waals surface area (Å²) in [4.78, 5) is 11.0. The lowest BCUT2D eigenvalue weighted by atomic mass is 10.0. The van der Waals surface area contributed by atoms with Gasteiger partial charge in [0.2, 0.25) is 0 Å². The van der Waals surface area contributed by atoms with Crippen molar-refractivity contribution in [2.24, 2.45) is 0 Å². The van der Waals surface area contributed by atoms with Gasteiger partial charge in [0.25, 0.3) is 0 Å². The van der Waals surface area contributed by atoms with Crippen LogP contribution in [0.4, 0.5) is 4.39 Å². The Bertz CT molecular complexity index is 410. The molecule has 0 bridgehead atoms. The Hall–Kier alpha value is -1.89. The van der Waals surface area contributed by atoms with E-state index in [2.05, 4.69) is 4.74 Å². The number of alkyl halides is 1. The van der Waals surface area contributed by atoms with Gasteiger partial charge in [-0.2, -0.15) is 5.26 Å². The van der Waals surface area contributed by atoms with Gasteiger partial charge in [0.15, 0.2) is 0 Å². The van der Waals surface area contributed by atoms with Crippen molar-refractivity contribution in [1.82, 2.24) is 0 Å². The molecule has 15 heavy (non-hydrogen) atoms. The number of ether oxygens (including phenoxy) is 1. The first kappa shape index (κ1) is 11.2. The summed E-state index contributed by atoms with van der Waals surface area (Å²) < 4.78 is 17.1. The van der Waals surface area contributed by atoms with E-state index in [1.807, 2.05) is 6.07 Å². The number of carbonyl (C=O) groups is 1. The molecule has 0 radical (unpaired) electrons. The predicted octanol–water partition coefficient (Wildman–Crippen LogP) is 1.74. The molecule has 0 aliphatic heterocycles. The summed E-state index contributed by atoms with van der Waals surface area (Å²) in [5.74, 6) is -0.422. The number of nitriles is 1. The minimum Gasteiger partial charge on any atom is -0.469 e. The smallest absolute Gasteiger partial charge is 0.309 e. The van der Waals surface area contributed by atoms with Crippen LogP contribution in [0, 0.1) is 11.3 Å². The van der Waals surface area contributed by atoms with Crippen LogP contribution >= 0.6 is 0 Å². The van der Waals surface area contributed by atoms with Crippen LogP contribution in [0.5, 0.6) is 0 Å². The molecule has 0 aromatic heterocycles. The van der Waals surface area contributed by atoms with Crippen molar-refractivity contribution >= 4 is 5.97 Å². The number of hydrogen-bond donors (Lipinski definition) is 0. The molecular formula is C11H10FNO2. The number of hydrogen-bond acceptors (Lipinski definition) is 3. The van der Waals surface area contributed by atoms with Gasteiger partial charge in [0.05, 0.1) is 25.2 Å². The quantitative estimate of drug-likeness (QED) is 0.709. The number of methoxy groups -OCH3 is 1. The second-order valence-corrected chi connectivity index (χ2v) is 2.98. The lowest BCUT2D eigenvalue weighted by Gasteiger charge is -2.05. The lowest BCUT2D eigenvalue weighted by molar-refractivity contribution is -0.139. The van der Waals surface area contributed by atoms with Gasteiger partial charge in [-0.3, -0.25) is 4.79 Å². The average Bonchev–Trinajstić information content (AvgIpc) is 2.29. The minimum absolute atomic E-state index is 0.0292. The van der Waals surface area contributed by atoms with E-state index in [1.165, 1.54) is 13.2 Å². The van der Waals surface area contributed by atoms with Gasteiger partial charge in [0, 0.05) is 0 Å². The van der Waals surface area contributed by atoms with Crippen LogP contribution in [0.3, 0.4) is 0 Å². The fraction of sp³-hybridized carbons (Fsp3) is 0.273. The average molecular weight is 207 g/mol. The molecule has 0 unspecified atom stereocenters. The van der Waals surface area contributed by atoms with Crippen molar-refractivity contribution in [2.45, 2.75) is 13.1 Å². The van der Waals surface area contributed by atoms with E-state index in [4.69, 9.17) is 5.26 Å². The summed E-state index contributed by atoms with van der Waals surface area (Å²) in [5, 5.41) is 8.61. The normalized spacial score (nSPS) is 9.40. The van der Waals surface area contributed by atoms with Crippen molar-refractivity contribution in [3.8, 4) is 6.07 Å². The minimum atomic E-state index is -0.693. The Kier molecular flexibility index (Phi) is 3.81. The SMILES string of the molecule is COC(=O)Cc1ccc(C#N)cc1CF. The number of halogens is 1. The number of esters is 1. The van der Waals surface area contributed by atoms with Crippen LogP contribution in [0.25, 0.3) is 0 Å². The first-order valence-electron chi connectivity index (χ1n) is 4.36. The maximum atomic E-state index is 12.6. The number of benzene rings is 1. The molecule has 1 aromatic rings. The highest BCUT2D eigenvalue weighted by Gasteiger charge is 2.08. The Labute approximate surface area is 87.1 Å². The first-order chi connectivity index (χ1) is 7.21. The zero-order valence-electron chi connectivity index (χ0n) is 8.29. The third-order valence-corrected chi connectivity index (χ3v) is 2.04. The molecule has 1 aromatic carbocycles. The Balaban J connectivity index is 2.98. The van der Waals surface area contributed by atoms with E-state index in [-0.39, 0.29) is 6.42 Å². The standard InChI is InChI=1S/C11H10FNO2/c1-15-11(14)5-9-3-2-8(7-13)4-10(9)6-12/h2-4H,5-6H2,1H3. The maximum Gasteiger partial charge on any atom is 0.309 e. The zero-order valence-corrected chi connectivity index (χ0v) is 8.29. The number of carbonyl (C=O) groups excluding carboxylic acids is 1. The van der Waals surface area contributed by atoms with E-state index in [1.54, 1.807) is 12.1 Å². The van der Waals surface area contributed by atoms with Gasteiger partial charge in [0.1, 0.15) is 6.67 Å². The van der Waals surface area contributed by atoms with Crippen molar-refractivity contribution in [2.75, 3.05) is 7.11 Å². The van der Waals surface area contributed by atoms with E-state index < -0.39 is 12.6 Å². The maximum absolute atomic E-state index is 12.6. The van der Waals surface area contributed by atoms with E-state index in [0.29, 0.717) is 16.7 Å². The third kappa shape index (κ3) is 2.78. The molecule has 0 heterocycles. The van der Waals surface area contributed by atoms with Crippen LogP contribution in [-0.4, -0.2) is 13.1 Å². The molecule has 0 amide bonds. The lowest BCUT2D eigenvalue weighted by Crippen LogP contribution is -2.06. The molecule has 0 aliphatic rings. The molecule has 0 atom stereocenters. The summed E-state index contributed by atoms with van der Waals surface area (Å²) in [6, 6.07) is 6.48. The molecule has 0 fully saturated rings. The number of nitrogens with zero attached hydrogens (tertiary/aromatic N) is 1. The molecule has 0 saturated heterocycles. The first-order valence-corrected chi connectivity index (χ1v) is 4.36. The Morgan fingerprint density at radius 3 is 2.80 bits per heavy atom. The largest absolute Gasteiger partial charge is 0.469 e. The summed E-state index contributed by atoms with van der Waals surface area (Å²) in [6.07, 6.45) is 0.0292. The molecule has 0 N–H and O–H groups in total. The van der Waals surface area contributed by atoms with Crippen molar-refractivity contribution in [1.29, 1.82) is 5.26 Å². The fourth-order valence-corrected chi connectivity index (χ4v) is 1.22. The summed E-state index contributed by atoms with van der Waals surface area (Å²) >= 11 is 0. The summed E-state index contributed by atoms with van der Waals surface area (Å²) in [7, 11) is 1.28. The van der Waals surface area contributed by atoms with Crippen molar-refractivity contribution in [3.63, 3.8) is 0 Å². The highest BCUT2D eigenvalue weighted by Crippen LogP contribution is 2.14. The van der Waals surface area contributed by atoms with Gasteiger partial charge < -0.3 is 4.74 Å². The van der Waals surface area contributed by atoms with Crippen LogP contribution in [0.1, 0.15) is 16.7 Å². The molecule has 0 saturated carbocycles. The third-order valence-electron chi connectivity index (χ3n) is 2.04. The van der Waals surface area contributed by atoms with Gasteiger partial charge >= 0.3 is 5.97 Å². The number of rotatable bonds is 3. The second kappa shape index (κ2) is 5.11. The predicted molar refractivity (Wildman–Crippen MR) is 51.7 cm³/mol. The topological polar surface area (TPSA) is 50.1 Å². The van der Waals surface area contributed by atoms with Crippen LogP contribution in [-0.2, 0) is 22.6 Å². The van der Waals surface area contributed by atoms with Gasteiger partial charge in [-0.15, -0.1) is 0 Å². The monoisotopic (exact) mass is 207 g/mol. The fourth-order valence-electron chi connectivity index (χ4n) is 1.22. The molecule has 3 nitrogen and oxygen atoms in total. The summed E-state index contributed by atoms with van der Waals surface area (Å²) in [5.41, 5.74) is 1.30. The van der Waals surface area contributed by atoms with E-state index >= 15 is 0 Å². The molecular weight excluding hydrogens is 197 g/mol. The highest BCUT2D eigenvalue weighted by atomic mass is 19.1.